The third kappa shape index (κ3) is 4.52. The van der Waals surface area contributed by atoms with E-state index in [0.29, 0.717) is 16.8 Å². The monoisotopic (exact) mass is 395 g/mol. The molecule has 2 aromatic rings. The van der Waals surface area contributed by atoms with Crippen molar-refractivity contribution < 1.29 is 23.6 Å². The predicted molar refractivity (Wildman–Crippen MR) is 112 cm³/mol. The molecule has 7 heteroatoms. The molecule has 29 heavy (non-hydrogen) atoms. The molecule has 6 nitrogen and oxygen atoms in total. The zero-order chi connectivity index (χ0) is 21.2. The molecule has 1 aliphatic heterocycles. The molecular weight excluding hydrogens is 369 g/mol. The summed E-state index contributed by atoms with van der Waals surface area (Å²) in [5.41, 5.74) is 1.61. The highest BCUT2D eigenvalue weighted by atomic mass is 16.7. The van der Waals surface area contributed by atoms with Gasteiger partial charge < -0.3 is 19.4 Å². The van der Waals surface area contributed by atoms with Gasteiger partial charge in [-0.2, -0.15) is 0 Å². The SMILES string of the molecule is COC(=O)Cc1ccccc1NC(=O)c1cccc(B2OC(C)(C)C(C)(C)O2)c1. The molecule has 0 bridgehead atoms. The second-order valence-electron chi connectivity index (χ2n) is 8.08. The lowest BCUT2D eigenvalue weighted by Gasteiger charge is -2.32. The van der Waals surface area contributed by atoms with Crippen molar-refractivity contribution in [1.82, 2.24) is 0 Å². The topological polar surface area (TPSA) is 73.9 Å². The number of anilines is 1. The number of nitrogens with one attached hydrogen (secondary N) is 1. The Labute approximate surface area is 171 Å². The third-order valence-electron chi connectivity index (χ3n) is 5.50. The van der Waals surface area contributed by atoms with Crippen molar-refractivity contribution >= 4 is 30.1 Å². The van der Waals surface area contributed by atoms with Crippen molar-refractivity contribution in [2.24, 2.45) is 0 Å². The normalized spacial score (nSPS) is 17.1. The Hall–Kier alpha value is -2.64. The van der Waals surface area contributed by atoms with Gasteiger partial charge in [0.1, 0.15) is 0 Å². The van der Waals surface area contributed by atoms with E-state index in [2.05, 4.69) is 5.32 Å². The standard InChI is InChI=1S/C22H26BNO5/c1-21(2)22(3,4)29-23(28-21)17-11-8-10-16(13-17)20(26)24-18-12-7-6-9-15(18)14-19(25)27-5/h6-13H,14H2,1-5H3,(H,24,26). The van der Waals surface area contributed by atoms with E-state index in [9.17, 15) is 9.59 Å². The molecule has 0 radical (unpaired) electrons. The summed E-state index contributed by atoms with van der Waals surface area (Å²) in [7, 11) is 0.796. The highest BCUT2D eigenvalue weighted by molar-refractivity contribution is 6.62. The van der Waals surface area contributed by atoms with Crippen molar-refractivity contribution in [2.75, 3.05) is 12.4 Å². The van der Waals surface area contributed by atoms with E-state index in [1.807, 2.05) is 39.8 Å². The molecule has 1 fully saturated rings. The van der Waals surface area contributed by atoms with Crippen molar-refractivity contribution in [2.45, 2.75) is 45.3 Å². The maximum absolute atomic E-state index is 12.8. The Morgan fingerprint density at radius 1 is 1.00 bits per heavy atom. The maximum Gasteiger partial charge on any atom is 0.494 e. The highest BCUT2D eigenvalue weighted by Crippen LogP contribution is 2.36. The Balaban J connectivity index is 1.79. The Kier molecular flexibility index (Phi) is 5.82. The van der Waals surface area contributed by atoms with Gasteiger partial charge in [0, 0.05) is 11.3 Å². The fourth-order valence-corrected chi connectivity index (χ4v) is 3.02. The van der Waals surface area contributed by atoms with Gasteiger partial charge in [-0.25, -0.2) is 0 Å². The zero-order valence-electron chi connectivity index (χ0n) is 17.4. The first-order valence-corrected chi connectivity index (χ1v) is 9.54. The molecule has 0 aromatic heterocycles. The molecule has 1 amide bonds. The molecule has 0 atom stereocenters. The van der Waals surface area contributed by atoms with Crippen LogP contribution in [0.15, 0.2) is 48.5 Å². The van der Waals surface area contributed by atoms with E-state index in [4.69, 9.17) is 14.0 Å². The van der Waals surface area contributed by atoms with Gasteiger partial charge in [0.15, 0.2) is 0 Å². The van der Waals surface area contributed by atoms with Gasteiger partial charge in [0.2, 0.25) is 0 Å². The van der Waals surface area contributed by atoms with Gasteiger partial charge in [0.05, 0.1) is 24.7 Å². The number of hydrogen-bond acceptors (Lipinski definition) is 5. The first kappa shape index (κ1) is 21.1. The van der Waals surface area contributed by atoms with Gasteiger partial charge in [-0.3, -0.25) is 9.59 Å². The molecule has 1 aliphatic rings. The molecule has 3 rings (SSSR count). The van der Waals surface area contributed by atoms with Crippen LogP contribution in [-0.2, 0) is 25.3 Å². The number of hydrogen-bond donors (Lipinski definition) is 1. The second kappa shape index (κ2) is 8.01. The molecule has 0 spiro atoms. The number of rotatable bonds is 5. The summed E-state index contributed by atoms with van der Waals surface area (Å²) in [6, 6.07) is 14.3. The first-order chi connectivity index (χ1) is 13.6. The van der Waals surface area contributed by atoms with Crippen LogP contribution in [0.5, 0.6) is 0 Å². The molecule has 1 N–H and O–H groups in total. The summed E-state index contributed by atoms with van der Waals surface area (Å²) in [6.45, 7) is 7.95. The fourth-order valence-electron chi connectivity index (χ4n) is 3.02. The molecule has 1 heterocycles. The van der Waals surface area contributed by atoms with Crippen LogP contribution in [0, 0.1) is 0 Å². The van der Waals surface area contributed by atoms with E-state index in [1.54, 1.807) is 36.4 Å². The lowest BCUT2D eigenvalue weighted by molar-refractivity contribution is -0.139. The second-order valence-corrected chi connectivity index (χ2v) is 8.08. The van der Waals surface area contributed by atoms with Gasteiger partial charge in [-0.1, -0.05) is 30.3 Å². The van der Waals surface area contributed by atoms with Crippen LogP contribution in [0.4, 0.5) is 5.69 Å². The summed E-state index contributed by atoms with van der Waals surface area (Å²) in [5.74, 6) is -0.643. The van der Waals surface area contributed by atoms with Crippen LogP contribution < -0.4 is 10.8 Å². The van der Waals surface area contributed by atoms with Gasteiger partial charge in [0.25, 0.3) is 5.91 Å². The predicted octanol–water partition coefficient (Wildman–Crippen LogP) is 2.95. The molecule has 152 valence electrons. The van der Waals surface area contributed by atoms with Crippen molar-refractivity contribution in [3.63, 3.8) is 0 Å². The number of carbonyl (C=O) groups excluding carboxylic acids is 2. The minimum Gasteiger partial charge on any atom is -0.469 e. The number of para-hydroxylation sites is 1. The largest absolute Gasteiger partial charge is 0.494 e. The van der Waals surface area contributed by atoms with Crippen LogP contribution in [-0.4, -0.2) is 37.3 Å². The lowest BCUT2D eigenvalue weighted by Crippen LogP contribution is -2.41. The number of methoxy groups -OCH3 is 1. The lowest BCUT2D eigenvalue weighted by atomic mass is 9.78. The van der Waals surface area contributed by atoms with Crippen LogP contribution >= 0.6 is 0 Å². The summed E-state index contributed by atoms with van der Waals surface area (Å²) >= 11 is 0. The van der Waals surface area contributed by atoms with Gasteiger partial charge in [-0.15, -0.1) is 0 Å². The molecule has 0 aliphatic carbocycles. The summed E-state index contributed by atoms with van der Waals surface area (Å²) in [6.07, 6.45) is 0.0842. The van der Waals surface area contributed by atoms with Crippen LogP contribution in [0.2, 0.25) is 0 Å². The summed E-state index contributed by atoms with van der Waals surface area (Å²) < 4.78 is 16.9. The average Bonchev–Trinajstić information content (AvgIpc) is 2.90. The van der Waals surface area contributed by atoms with E-state index in [1.165, 1.54) is 7.11 Å². The first-order valence-electron chi connectivity index (χ1n) is 9.54. The molecule has 1 saturated heterocycles. The number of carbonyl (C=O) groups is 2. The van der Waals surface area contributed by atoms with E-state index in [0.717, 1.165) is 5.46 Å². The van der Waals surface area contributed by atoms with Crippen molar-refractivity contribution in [3.05, 3.63) is 59.7 Å². The Bertz CT molecular complexity index is 909. The fraction of sp³-hybridized carbons (Fsp3) is 0.364. The van der Waals surface area contributed by atoms with E-state index < -0.39 is 18.3 Å². The van der Waals surface area contributed by atoms with Gasteiger partial charge >= 0.3 is 13.1 Å². The minimum atomic E-state index is -0.542. The minimum absolute atomic E-state index is 0.0842. The highest BCUT2D eigenvalue weighted by Gasteiger charge is 2.51. The Morgan fingerprint density at radius 2 is 1.66 bits per heavy atom. The van der Waals surface area contributed by atoms with Crippen LogP contribution in [0.1, 0.15) is 43.6 Å². The third-order valence-corrected chi connectivity index (χ3v) is 5.50. The number of ether oxygens (including phenoxy) is 1. The number of amides is 1. The van der Waals surface area contributed by atoms with E-state index >= 15 is 0 Å². The summed E-state index contributed by atoms with van der Waals surface area (Å²) in [5, 5.41) is 2.88. The quantitative estimate of drug-likeness (QED) is 0.623. The van der Waals surface area contributed by atoms with Crippen LogP contribution in [0.25, 0.3) is 0 Å². The average molecular weight is 395 g/mol. The van der Waals surface area contributed by atoms with Crippen molar-refractivity contribution in [1.29, 1.82) is 0 Å². The molecule has 0 unspecified atom stereocenters. The molecular formula is C22H26BNO5. The number of esters is 1. The smallest absolute Gasteiger partial charge is 0.469 e. The van der Waals surface area contributed by atoms with E-state index in [-0.39, 0.29) is 18.3 Å². The zero-order valence-corrected chi connectivity index (χ0v) is 17.4. The van der Waals surface area contributed by atoms with Gasteiger partial charge in [-0.05, 0) is 56.9 Å². The Morgan fingerprint density at radius 3 is 2.31 bits per heavy atom. The maximum atomic E-state index is 12.8. The van der Waals surface area contributed by atoms with Crippen molar-refractivity contribution in [3.8, 4) is 0 Å². The molecule has 0 saturated carbocycles. The number of benzene rings is 2. The summed E-state index contributed by atoms with van der Waals surface area (Å²) in [4.78, 5) is 24.5. The van der Waals surface area contributed by atoms with Crippen LogP contribution in [0.3, 0.4) is 0 Å². The molecule has 2 aromatic carbocycles.